The number of carbonyl (C=O) groups excluding carboxylic acids is 1. The number of thioether (sulfide) groups is 1. The molecule has 0 aliphatic carbocycles. The maximum Gasteiger partial charge on any atom is 0.270 e. The molecule has 4 rings (SSSR count). The van der Waals surface area contributed by atoms with Gasteiger partial charge in [0.1, 0.15) is 11.5 Å². The van der Waals surface area contributed by atoms with Gasteiger partial charge in [-0.05, 0) is 53.8 Å². The average molecular weight is 395 g/mol. The van der Waals surface area contributed by atoms with Gasteiger partial charge in [0.15, 0.2) is 0 Å². The number of hydrogen-bond donors (Lipinski definition) is 1. The Labute approximate surface area is 169 Å². The van der Waals surface area contributed by atoms with Gasteiger partial charge < -0.3 is 9.88 Å². The van der Waals surface area contributed by atoms with Crippen LogP contribution in [0.25, 0.3) is 11.1 Å². The number of H-pyrrole nitrogens is 1. The first-order chi connectivity index (χ1) is 13.6. The first-order valence-electron chi connectivity index (χ1n) is 9.52. The smallest absolute Gasteiger partial charge is 0.270 e. The summed E-state index contributed by atoms with van der Waals surface area (Å²) in [5, 5.41) is 0.428. The lowest BCUT2D eigenvalue weighted by atomic mass is 10.0. The summed E-state index contributed by atoms with van der Waals surface area (Å²) in [5.41, 5.74) is 5.06. The van der Waals surface area contributed by atoms with Crippen LogP contribution in [0.4, 0.5) is 4.39 Å². The van der Waals surface area contributed by atoms with Crippen molar-refractivity contribution in [2.75, 3.05) is 18.8 Å². The first kappa shape index (κ1) is 18.8. The fourth-order valence-corrected chi connectivity index (χ4v) is 4.99. The summed E-state index contributed by atoms with van der Waals surface area (Å²) in [6.07, 6.45) is 2.76. The van der Waals surface area contributed by atoms with E-state index in [4.69, 9.17) is 0 Å². The van der Waals surface area contributed by atoms with E-state index in [9.17, 15) is 9.18 Å². The van der Waals surface area contributed by atoms with E-state index in [2.05, 4.69) is 36.2 Å². The third-order valence-electron chi connectivity index (χ3n) is 5.25. The van der Waals surface area contributed by atoms with E-state index in [1.165, 1.54) is 23.3 Å². The topological polar surface area (TPSA) is 36.1 Å². The Hall–Kier alpha value is -2.53. The second-order valence-corrected chi connectivity index (χ2v) is 8.42. The number of aromatic nitrogens is 1. The summed E-state index contributed by atoms with van der Waals surface area (Å²) in [5.74, 6) is 0.691. The Morgan fingerprint density at radius 2 is 1.89 bits per heavy atom. The van der Waals surface area contributed by atoms with E-state index in [1.54, 1.807) is 12.1 Å². The average Bonchev–Trinajstić information content (AvgIpc) is 3.07. The van der Waals surface area contributed by atoms with E-state index >= 15 is 0 Å². The fraction of sp³-hybridized carbons (Fsp3) is 0.261. The normalized spacial score (nSPS) is 17.4. The zero-order chi connectivity index (χ0) is 19.5. The van der Waals surface area contributed by atoms with Gasteiger partial charge in [-0.15, -0.1) is 0 Å². The molecule has 28 heavy (non-hydrogen) atoms. The molecule has 0 bridgehead atoms. The van der Waals surface area contributed by atoms with Crippen LogP contribution in [0.5, 0.6) is 0 Å². The number of amides is 1. The number of rotatable bonds is 3. The van der Waals surface area contributed by atoms with Crippen LogP contribution in [0, 0.1) is 12.7 Å². The van der Waals surface area contributed by atoms with Gasteiger partial charge in [-0.25, -0.2) is 4.39 Å². The lowest BCUT2D eigenvalue weighted by molar-refractivity contribution is 0.0761. The van der Waals surface area contributed by atoms with Crippen LogP contribution in [0.1, 0.15) is 33.3 Å². The monoisotopic (exact) mass is 394 g/mol. The number of hydrogen-bond acceptors (Lipinski definition) is 2. The summed E-state index contributed by atoms with van der Waals surface area (Å²) in [4.78, 5) is 18.0. The second kappa shape index (κ2) is 8.23. The number of carbonyl (C=O) groups is 1. The molecule has 1 unspecified atom stereocenters. The van der Waals surface area contributed by atoms with Crippen LogP contribution in [0.15, 0.2) is 60.8 Å². The van der Waals surface area contributed by atoms with Crippen molar-refractivity contribution in [2.45, 2.75) is 18.6 Å². The predicted octanol–water partition coefficient (Wildman–Crippen LogP) is 5.45. The van der Waals surface area contributed by atoms with E-state index in [0.29, 0.717) is 10.9 Å². The molecule has 0 radical (unpaired) electrons. The molecular formula is C23H23FN2OS. The molecule has 144 valence electrons. The van der Waals surface area contributed by atoms with E-state index in [-0.39, 0.29) is 11.7 Å². The van der Waals surface area contributed by atoms with Crippen molar-refractivity contribution in [1.82, 2.24) is 9.88 Å². The molecule has 0 saturated carbocycles. The summed E-state index contributed by atoms with van der Waals surface area (Å²) < 4.78 is 13.1. The first-order valence-corrected chi connectivity index (χ1v) is 10.6. The molecule has 2 heterocycles. The summed E-state index contributed by atoms with van der Waals surface area (Å²) in [6, 6.07) is 16.7. The van der Waals surface area contributed by atoms with Crippen molar-refractivity contribution in [2.24, 2.45) is 0 Å². The number of nitrogens with one attached hydrogen (secondary N) is 1. The van der Waals surface area contributed by atoms with Crippen molar-refractivity contribution in [1.29, 1.82) is 0 Å². The Balaban J connectivity index is 1.46. The van der Waals surface area contributed by atoms with Crippen molar-refractivity contribution >= 4 is 17.7 Å². The highest BCUT2D eigenvalue weighted by molar-refractivity contribution is 7.99. The molecular weight excluding hydrogens is 371 g/mol. The third kappa shape index (κ3) is 3.99. The summed E-state index contributed by atoms with van der Waals surface area (Å²) in [6.45, 7) is 3.64. The highest BCUT2D eigenvalue weighted by atomic mass is 32.2. The van der Waals surface area contributed by atoms with Crippen LogP contribution >= 0.6 is 11.8 Å². The number of aromatic amines is 1. The lowest BCUT2D eigenvalue weighted by Gasteiger charge is -2.20. The molecule has 1 saturated heterocycles. The predicted molar refractivity (Wildman–Crippen MR) is 113 cm³/mol. The van der Waals surface area contributed by atoms with Gasteiger partial charge in [0.25, 0.3) is 5.91 Å². The van der Waals surface area contributed by atoms with Crippen molar-refractivity contribution in [3.63, 3.8) is 0 Å². The maximum atomic E-state index is 13.1. The fourth-order valence-electron chi connectivity index (χ4n) is 3.67. The molecule has 3 nitrogen and oxygen atoms in total. The van der Waals surface area contributed by atoms with Crippen LogP contribution in [0.3, 0.4) is 0 Å². The van der Waals surface area contributed by atoms with Crippen LogP contribution < -0.4 is 0 Å². The summed E-state index contributed by atoms with van der Waals surface area (Å²) >= 11 is 1.93. The molecule has 1 aliphatic rings. The van der Waals surface area contributed by atoms with Gasteiger partial charge in [-0.1, -0.05) is 36.4 Å². The van der Waals surface area contributed by atoms with Gasteiger partial charge in [-0.3, -0.25) is 4.79 Å². The minimum atomic E-state index is -0.263. The van der Waals surface area contributed by atoms with Crippen molar-refractivity contribution in [3.05, 3.63) is 83.4 Å². The highest BCUT2D eigenvalue weighted by Gasteiger charge is 2.24. The molecule has 1 aliphatic heterocycles. The van der Waals surface area contributed by atoms with Gasteiger partial charge in [0.2, 0.25) is 0 Å². The molecule has 1 aromatic heterocycles. The molecule has 5 heteroatoms. The van der Waals surface area contributed by atoms with E-state index in [1.807, 2.05) is 28.9 Å². The van der Waals surface area contributed by atoms with Gasteiger partial charge in [0.05, 0.1) is 0 Å². The molecule has 3 aromatic rings. The minimum Gasteiger partial charge on any atom is -0.357 e. The van der Waals surface area contributed by atoms with Crippen molar-refractivity contribution in [3.8, 4) is 11.1 Å². The number of benzene rings is 2. The Morgan fingerprint density at radius 1 is 1.11 bits per heavy atom. The minimum absolute atomic E-state index is 0.0272. The molecule has 0 spiro atoms. The molecule has 1 N–H and O–H groups in total. The lowest BCUT2D eigenvalue weighted by Crippen LogP contribution is -2.33. The SMILES string of the molecule is Cc1ccccc1C1CCN(C(=O)c2cc(-c3ccc(F)cc3)c[nH]2)CCS1. The zero-order valence-electron chi connectivity index (χ0n) is 15.8. The largest absolute Gasteiger partial charge is 0.357 e. The van der Waals surface area contributed by atoms with Crippen LogP contribution in [0.2, 0.25) is 0 Å². The standard InChI is InChI=1S/C23H23FN2OS/c1-16-4-2-3-5-20(16)22-10-11-26(12-13-28-22)23(27)21-14-18(15-25-21)17-6-8-19(24)9-7-17/h2-9,14-15,22,25H,10-13H2,1H3. The highest BCUT2D eigenvalue weighted by Crippen LogP contribution is 2.36. The second-order valence-electron chi connectivity index (χ2n) is 7.11. The number of aryl methyl sites for hydroxylation is 1. The third-order valence-corrected chi connectivity index (χ3v) is 6.57. The molecule has 1 amide bonds. The van der Waals surface area contributed by atoms with Gasteiger partial charge in [-0.2, -0.15) is 11.8 Å². The van der Waals surface area contributed by atoms with Crippen LogP contribution in [-0.2, 0) is 0 Å². The zero-order valence-corrected chi connectivity index (χ0v) is 16.6. The van der Waals surface area contributed by atoms with E-state index in [0.717, 1.165) is 36.4 Å². The van der Waals surface area contributed by atoms with Gasteiger partial charge in [0, 0.05) is 30.3 Å². The van der Waals surface area contributed by atoms with E-state index < -0.39 is 0 Å². The maximum absolute atomic E-state index is 13.1. The Morgan fingerprint density at radius 3 is 2.68 bits per heavy atom. The number of halogens is 1. The summed E-state index contributed by atoms with van der Waals surface area (Å²) in [7, 11) is 0. The van der Waals surface area contributed by atoms with Gasteiger partial charge >= 0.3 is 0 Å². The molecule has 1 fully saturated rings. The number of nitrogens with zero attached hydrogens (tertiary/aromatic N) is 1. The van der Waals surface area contributed by atoms with Crippen LogP contribution in [-0.4, -0.2) is 34.6 Å². The Bertz CT molecular complexity index is 967. The quantitative estimate of drug-likeness (QED) is 0.641. The molecule has 1 atom stereocenters. The Kier molecular flexibility index (Phi) is 5.53. The molecule has 2 aromatic carbocycles. The van der Waals surface area contributed by atoms with Crippen molar-refractivity contribution < 1.29 is 9.18 Å².